The van der Waals surface area contributed by atoms with Crippen molar-refractivity contribution in [1.29, 1.82) is 0 Å². The molecule has 7 heteroatoms. The van der Waals surface area contributed by atoms with Crippen LogP contribution in [0.25, 0.3) is 4.96 Å². The van der Waals surface area contributed by atoms with Crippen molar-refractivity contribution in [3.05, 3.63) is 33.2 Å². The normalized spacial score (nSPS) is 18.0. The largest absolute Gasteiger partial charge is 0.315 e. The van der Waals surface area contributed by atoms with Gasteiger partial charge in [0, 0.05) is 36.3 Å². The molecular formula is C15H23ClN4OS. The molecule has 1 atom stereocenters. The number of hydrogen-bond donors (Lipinski definition) is 1. The van der Waals surface area contributed by atoms with E-state index in [0.717, 1.165) is 48.9 Å². The molecule has 2 aromatic heterocycles. The number of thiazole rings is 1. The van der Waals surface area contributed by atoms with Gasteiger partial charge in [0.05, 0.1) is 5.69 Å². The zero-order chi connectivity index (χ0) is 14.8. The Labute approximate surface area is 140 Å². The Morgan fingerprint density at radius 1 is 1.55 bits per heavy atom. The van der Waals surface area contributed by atoms with Gasteiger partial charge in [0.2, 0.25) is 0 Å². The summed E-state index contributed by atoms with van der Waals surface area (Å²) in [6.07, 6.45) is 2.30. The number of hydrogen-bond acceptors (Lipinski definition) is 5. The molecule has 0 bridgehead atoms. The second-order valence-electron chi connectivity index (χ2n) is 5.70. The van der Waals surface area contributed by atoms with E-state index in [-0.39, 0.29) is 18.0 Å². The summed E-state index contributed by atoms with van der Waals surface area (Å²) in [5.74, 6) is 0. The minimum Gasteiger partial charge on any atom is -0.315 e. The fourth-order valence-corrected chi connectivity index (χ4v) is 3.91. The van der Waals surface area contributed by atoms with Crippen LogP contribution in [0.3, 0.4) is 0 Å². The highest BCUT2D eigenvalue weighted by Gasteiger charge is 2.22. The van der Waals surface area contributed by atoms with Gasteiger partial charge in [0.25, 0.3) is 5.56 Å². The molecule has 0 aromatic carbocycles. The van der Waals surface area contributed by atoms with Crippen molar-refractivity contribution in [3.8, 4) is 0 Å². The Morgan fingerprint density at radius 3 is 3.05 bits per heavy atom. The average Bonchev–Trinajstić information content (AvgIpc) is 3.08. The van der Waals surface area contributed by atoms with Crippen LogP contribution in [-0.4, -0.2) is 40.0 Å². The lowest BCUT2D eigenvalue weighted by molar-refractivity contribution is 0.197. The van der Waals surface area contributed by atoms with E-state index in [1.165, 1.54) is 17.8 Å². The van der Waals surface area contributed by atoms with Gasteiger partial charge in [-0.2, -0.15) is 0 Å². The fourth-order valence-electron chi connectivity index (χ4n) is 3.02. The minimum absolute atomic E-state index is 0. The molecule has 0 radical (unpaired) electrons. The zero-order valence-corrected chi connectivity index (χ0v) is 14.7. The second-order valence-corrected chi connectivity index (χ2v) is 6.53. The fraction of sp³-hybridized carbons (Fsp3) is 0.600. The Bertz CT molecular complexity index is 678. The lowest BCUT2D eigenvalue weighted by Crippen LogP contribution is -2.37. The number of fused-ring (bicyclic) bond motifs is 1. The van der Waals surface area contributed by atoms with Crippen LogP contribution in [0.15, 0.2) is 16.2 Å². The van der Waals surface area contributed by atoms with E-state index in [9.17, 15) is 4.79 Å². The molecule has 3 heterocycles. The van der Waals surface area contributed by atoms with Crippen LogP contribution in [-0.2, 0) is 6.54 Å². The molecule has 22 heavy (non-hydrogen) atoms. The van der Waals surface area contributed by atoms with Crippen molar-refractivity contribution >= 4 is 28.7 Å². The molecule has 1 unspecified atom stereocenters. The summed E-state index contributed by atoms with van der Waals surface area (Å²) in [5.41, 5.74) is 1.89. The van der Waals surface area contributed by atoms with Crippen LogP contribution in [0.5, 0.6) is 0 Å². The SMILES string of the molecule is CCCN(Cc1cc(=O)n2c(C)csc2n1)C1CCNC1.Cl. The zero-order valence-electron chi connectivity index (χ0n) is 13.0. The van der Waals surface area contributed by atoms with E-state index < -0.39 is 0 Å². The first kappa shape index (κ1) is 17.4. The summed E-state index contributed by atoms with van der Waals surface area (Å²) in [6.45, 7) is 8.09. The Morgan fingerprint density at radius 2 is 2.36 bits per heavy atom. The second kappa shape index (κ2) is 7.55. The molecule has 0 spiro atoms. The third kappa shape index (κ3) is 3.51. The maximum absolute atomic E-state index is 12.2. The Balaban J connectivity index is 0.00000176. The summed E-state index contributed by atoms with van der Waals surface area (Å²) < 4.78 is 1.69. The van der Waals surface area contributed by atoms with Gasteiger partial charge in [-0.1, -0.05) is 6.92 Å². The van der Waals surface area contributed by atoms with Gasteiger partial charge in [0.15, 0.2) is 4.96 Å². The Kier molecular flexibility index (Phi) is 5.97. The van der Waals surface area contributed by atoms with Gasteiger partial charge in [-0.05, 0) is 32.9 Å². The summed E-state index contributed by atoms with van der Waals surface area (Å²) >= 11 is 1.54. The van der Waals surface area contributed by atoms with E-state index in [0.29, 0.717) is 6.04 Å². The molecule has 1 aliphatic heterocycles. The maximum atomic E-state index is 12.2. The van der Waals surface area contributed by atoms with Crippen molar-refractivity contribution < 1.29 is 0 Å². The van der Waals surface area contributed by atoms with Crippen LogP contribution in [0.4, 0.5) is 0 Å². The highest BCUT2D eigenvalue weighted by Crippen LogP contribution is 2.15. The van der Waals surface area contributed by atoms with E-state index in [4.69, 9.17) is 0 Å². The van der Waals surface area contributed by atoms with Crippen molar-refractivity contribution in [3.63, 3.8) is 0 Å². The topological polar surface area (TPSA) is 49.6 Å². The monoisotopic (exact) mass is 342 g/mol. The molecule has 1 fully saturated rings. The lowest BCUT2D eigenvalue weighted by atomic mass is 10.2. The molecule has 1 saturated heterocycles. The number of nitrogens with one attached hydrogen (secondary N) is 1. The van der Waals surface area contributed by atoms with Crippen LogP contribution in [0.1, 0.15) is 31.2 Å². The van der Waals surface area contributed by atoms with Crippen molar-refractivity contribution in [2.75, 3.05) is 19.6 Å². The summed E-state index contributed by atoms with van der Waals surface area (Å²) in [4.78, 5) is 20.2. The molecular weight excluding hydrogens is 320 g/mol. The first-order valence-electron chi connectivity index (χ1n) is 7.60. The standard InChI is InChI=1S/C15H22N4OS.ClH/c1-3-6-18(13-4-5-16-8-13)9-12-7-14(20)19-11(2)10-21-15(19)17-12;/h7,10,13,16H,3-6,8-9H2,1-2H3;1H. The maximum Gasteiger partial charge on any atom is 0.259 e. The summed E-state index contributed by atoms with van der Waals surface area (Å²) in [5, 5.41) is 5.40. The van der Waals surface area contributed by atoms with Gasteiger partial charge >= 0.3 is 0 Å². The van der Waals surface area contributed by atoms with Crippen LogP contribution in [0.2, 0.25) is 0 Å². The molecule has 0 saturated carbocycles. The summed E-state index contributed by atoms with van der Waals surface area (Å²) in [7, 11) is 0. The molecule has 122 valence electrons. The third-order valence-electron chi connectivity index (χ3n) is 4.06. The third-order valence-corrected chi connectivity index (χ3v) is 5.00. The van der Waals surface area contributed by atoms with Crippen molar-refractivity contribution in [2.45, 2.75) is 39.3 Å². The van der Waals surface area contributed by atoms with Gasteiger partial charge < -0.3 is 5.32 Å². The number of rotatable bonds is 5. The quantitative estimate of drug-likeness (QED) is 0.903. The average molecular weight is 343 g/mol. The predicted molar refractivity (Wildman–Crippen MR) is 93.3 cm³/mol. The highest BCUT2D eigenvalue weighted by molar-refractivity contribution is 7.15. The molecule has 2 aromatic rings. The van der Waals surface area contributed by atoms with E-state index in [1.807, 2.05) is 12.3 Å². The number of halogens is 1. The molecule has 0 amide bonds. The van der Waals surface area contributed by atoms with Crippen molar-refractivity contribution in [2.24, 2.45) is 0 Å². The van der Waals surface area contributed by atoms with Crippen LogP contribution >= 0.6 is 23.7 Å². The minimum atomic E-state index is 0. The van der Waals surface area contributed by atoms with Crippen molar-refractivity contribution in [1.82, 2.24) is 19.6 Å². The predicted octanol–water partition coefficient (Wildman–Crippen LogP) is 2.06. The first-order chi connectivity index (χ1) is 10.2. The molecule has 5 nitrogen and oxygen atoms in total. The Hall–Kier alpha value is -0.950. The molecule has 3 rings (SSSR count). The number of aromatic nitrogens is 2. The van der Waals surface area contributed by atoms with E-state index >= 15 is 0 Å². The number of nitrogens with zero attached hydrogens (tertiary/aromatic N) is 3. The van der Waals surface area contributed by atoms with Gasteiger partial charge in [-0.3, -0.25) is 14.1 Å². The van der Waals surface area contributed by atoms with Crippen LogP contribution < -0.4 is 10.9 Å². The number of aryl methyl sites for hydroxylation is 1. The molecule has 0 aliphatic carbocycles. The summed E-state index contributed by atoms with van der Waals surface area (Å²) in [6, 6.07) is 2.26. The molecule has 1 N–H and O–H groups in total. The van der Waals surface area contributed by atoms with Crippen LogP contribution in [0, 0.1) is 6.92 Å². The van der Waals surface area contributed by atoms with Gasteiger partial charge in [-0.25, -0.2) is 4.98 Å². The van der Waals surface area contributed by atoms with Gasteiger partial charge in [0.1, 0.15) is 0 Å². The van der Waals surface area contributed by atoms with Gasteiger partial charge in [-0.15, -0.1) is 23.7 Å². The smallest absolute Gasteiger partial charge is 0.259 e. The highest BCUT2D eigenvalue weighted by atomic mass is 35.5. The van der Waals surface area contributed by atoms with E-state index in [1.54, 1.807) is 10.5 Å². The first-order valence-corrected chi connectivity index (χ1v) is 8.48. The lowest BCUT2D eigenvalue weighted by Gasteiger charge is -2.27. The molecule has 1 aliphatic rings. The van der Waals surface area contributed by atoms with E-state index in [2.05, 4.69) is 22.1 Å².